The molecule has 2 aromatic rings. The molecule has 4 fully saturated rings. The molecule has 4 aliphatic carbocycles. The number of thioether (sulfide) groups is 1. The van der Waals surface area contributed by atoms with E-state index in [0.717, 1.165) is 48.3 Å². The molecular weight excluding hydrogens is 356 g/mol. The summed E-state index contributed by atoms with van der Waals surface area (Å²) in [7, 11) is 0. The Kier molecular flexibility index (Phi) is 4.15. The first kappa shape index (κ1) is 17.4. The SMILES string of the molecule is Cc1cccc(-n2nnnc2SC(C)C(=O)C23CC4CC(CC(C4)C2)C3)c1. The zero-order chi connectivity index (χ0) is 18.6. The van der Waals surface area contributed by atoms with Crippen LogP contribution in [-0.4, -0.2) is 31.2 Å². The van der Waals surface area contributed by atoms with Crippen molar-refractivity contribution in [2.24, 2.45) is 23.2 Å². The van der Waals surface area contributed by atoms with Crippen molar-refractivity contribution in [2.45, 2.75) is 62.8 Å². The van der Waals surface area contributed by atoms with Crippen molar-refractivity contribution in [3.63, 3.8) is 0 Å². The lowest BCUT2D eigenvalue weighted by atomic mass is 9.48. The van der Waals surface area contributed by atoms with Crippen LogP contribution in [0.5, 0.6) is 0 Å². The van der Waals surface area contributed by atoms with Crippen LogP contribution in [0.25, 0.3) is 5.69 Å². The number of Topliss-reactive ketones (excluding diaryl/α,β-unsaturated/α-hetero) is 1. The average Bonchev–Trinajstić information content (AvgIpc) is 3.08. The second kappa shape index (κ2) is 6.43. The summed E-state index contributed by atoms with van der Waals surface area (Å²) in [6.07, 6.45) is 7.43. The predicted octanol–water partition coefficient (Wildman–Crippen LogP) is 4.24. The summed E-state index contributed by atoms with van der Waals surface area (Å²) < 4.78 is 1.75. The van der Waals surface area contributed by atoms with Crippen LogP contribution in [0.3, 0.4) is 0 Å². The van der Waals surface area contributed by atoms with Gasteiger partial charge in [-0.2, -0.15) is 4.68 Å². The number of ketones is 1. The van der Waals surface area contributed by atoms with Crippen molar-refractivity contribution in [1.29, 1.82) is 0 Å². The summed E-state index contributed by atoms with van der Waals surface area (Å²) in [5, 5.41) is 12.8. The minimum atomic E-state index is -0.115. The maximum Gasteiger partial charge on any atom is 0.214 e. The molecule has 0 amide bonds. The lowest BCUT2D eigenvalue weighted by Crippen LogP contribution is -2.51. The molecule has 5 nitrogen and oxygen atoms in total. The van der Waals surface area contributed by atoms with Crippen LogP contribution >= 0.6 is 11.8 Å². The zero-order valence-electron chi connectivity index (χ0n) is 16.0. The minimum absolute atomic E-state index is 0.0667. The van der Waals surface area contributed by atoms with Gasteiger partial charge in [0.2, 0.25) is 5.16 Å². The van der Waals surface area contributed by atoms with Crippen LogP contribution in [0.4, 0.5) is 0 Å². The van der Waals surface area contributed by atoms with Gasteiger partial charge in [-0.05, 0) is 98.2 Å². The van der Waals surface area contributed by atoms with E-state index >= 15 is 0 Å². The second-order valence-electron chi connectivity index (χ2n) is 9.03. The molecule has 1 aromatic heterocycles. The summed E-state index contributed by atoms with van der Waals surface area (Å²) in [6, 6.07) is 8.12. The van der Waals surface area contributed by atoms with E-state index in [2.05, 4.69) is 34.6 Å². The Bertz CT molecular complexity index is 841. The summed E-state index contributed by atoms with van der Waals surface area (Å²) in [4.78, 5) is 13.5. The fourth-order valence-corrected chi connectivity index (χ4v) is 7.23. The van der Waals surface area contributed by atoms with E-state index in [0.29, 0.717) is 10.9 Å². The summed E-state index contributed by atoms with van der Waals surface area (Å²) in [6.45, 7) is 4.10. The molecule has 27 heavy (non-hydrogen) atoms. The van der Waals surface area contributed by atoms with Gasteiger partial charge in [0.25, 0.3) is 0 Å². The standard InChI is InChI=1S/C21H26N4OS/c1-13-4-3-5-18(6-13)25-20(22-23-24-25)27-14(2)19(26)21-10-15-7-16(11-21)9-17(8-15)12-21/h3-6,14-17H,7-12H2,1-2H3. The smallest absolute Gasteiger partial charge is 0.214 e. The molecule has 4 aliphatic rings. The third kappa shape index (κ3) is 3.02. The van der Waals surface area contributed by atoms with Gasteiger partial charge in [-0.25, -0.2) is 0 Å². The number of tetrazole rings is 1. The number of benzene rings is 1. The quantitative estimate of drug-likeness (QED) is 0.724. The molecule has 0 radical (unpaired) electrons. The van der Waals surface area contributed by atoms with Crippen molar-refractivity contribution in [1.82, 2.24) is 20.2 Å². The molecule has 0 N–H and O–H groups in total. The lowest BCUT2D eigenvalue weighted by molar-refractivity contribution is -0.142. The van der Waals surface area contributed by atoms with E-state index in [1.807, 2.05) is 19.1 Å². The molecule has 4 saturated carbocycles. The van der Waals surface area contributed by atoms with Crippen molar-refractivity contribution >= 4 is 17.5 Å². The van der Waals surface area contributed by atoms with Gasteiger partial charge in [0, 0.05) is 5.41 Å². The van der Waals surface area contributed by atoms with Crippen molar-refractivity contribution in [2.75, 3.05) is 0 Å². The average molecular weight is 383 g/mol. The summed E-state index contributed by atoms with van der Waals surface area (Å²) in [5.74, 6) is 2.80. The molecule has 6 heteroatoms. The Hall–Kier alpha value is -1.69. The molecule has 142 valence electrons. The number of aromatic nitrogens is 4. The van der Waals surface area contributed by atoms with Crippen LogP contribution in [0, 0.1) is 30.1 Å². The Morgan fingerprint density at radius 1 is 1.19 bits per heavy atom. The van der Waals surface area contributed by atoms with Gasteiger partial charge in [-0.1, -0.05) is 23.9 Å². The van der Waals surface area contributed by atoms with Crippen LogP contribution in [0.15, 0.2) is 29.4 Å². The van der Waals surface area contributed by atoms with Gasteiger partial charge in [-0.15, -0.1) is 5.10 Å². The van der Waals surface area contributed by atoms with Crippen LogP contribution in [0.2, 0.25) is 0 Å². The number of hydrogen-bond acceptors (Lipinski definition) is 5. The van der Waals surface area contributed by atoms with Crippen molar-refractivity contribution in [3.05, 3.63) is 29.8 Å². The first-order chi connectivity index (χ1) is 13.0. The summed E-state index contributed by atoms with van der Waals surface area (Å²) in [5.41, 5.74) is 2.04. The molecule has 1 heterocycles. The Labute approximate surface area is 164 Å². The van der Waals surface area contributed by atoms with Gasteiger partial charge in [0.15, 0.2) is 5.78 Å². The highest BCUT2D eigenvalue weighted by Crippen LogP contribution is 2.61. The molecule has 0 spiro atoms. The molecule has 0 aliphatic heterocycles. The van der Waals surface area contributed by atoms with Gasteiger partial charge in [0.05, 0.1) is 10.9 Å². The monoisotopic (exact) mass is 382 g/mol. The number of carbonyl (C=O) groups excluding carboxylic acids is 1. The highest BCUT2D eigenvalue weighted by Gasteiger charge is 2.55. The van der Waals surface area contributed by atoms with Gasteiger partial charge in [-0.3, -0.25) is 4.79 Å². The van der Waals surface area contributed by atoms with Gasteiger partial charge >= 0.3 is 0 Å². The maximum atomic E-state index is 13.5. The molecule has 1 aromatic carbocycles. The largest absolute Gasteiger partial charge is 0.298 e. The van der Waals surface area contributed by atoms with E-state index < -0.39 is 0 Å². The normalized spacial score (nSPS) is 32.6. The van der Waals surface area contributed by atoms with E-state index in [1.165, 1.54) is 31.0 Å². The van der Waals surface area contributed by atoms with Crippen LogP contribution in [-0.2, 0) is 4.79 Å². The van der Waals surface area contributed by atoms with Crippen molar-refractivity contribution < 1.29 is 4.79 Å². The molecule has 1 atom stereocenters. The van der Waals surface area contributed by atoms with E-state index in [-0.39, 0.29) is 10.7 Å². The van der Waals surface area contributed by atoms with Crippen LogP contribution in [0.1, 0.15) is 51.0 Å². The second-order valence-corrected chi connectivity index (χ2v) is 10.3. The van der Waals surface area contributed by atoms with Gasteiger partial charge < -0.3 is 0 Å². The summed E-state index contributed by atoms with van der Waals surface area (Å²) >= 11 is 1.51. The fraction of sp³-hybridized carbons (Fsp3) is 0.619. The number of carbonyl (C=O) groups is 1. The molecular formula is C21H26N4OS. The zero-order valence-corrected chi connectivity index (χ0v) is 16.8. The Morgan fingerprint density at radius 3 is 2.48 bits per heavy atom. The lowest BCUT2D eigenvalue weighted by Gasteiger charge is -2.56. The predicted molar refractivity (Wildman–Crippen MR) is 105 cm³/mol. The van der Waals surface area contributed by atoms with E-state index in [4.69, 9.17) is 0 Å². The third-order valence-corrected chi connectivity index (χ3v) is 7.93. The first-order valence-corrected chi connectivity index (χ1v) is 11.0. The number of hydrogen-bond donors (Lipinski definition) is 0. The number of nitrogens with zero attached hydrogens (tertiary/aromatic N) is 4. The highest BCUT2D eigenvalue weighted by atomic mass is 32.2. The fourth-order valence-electron chi connectivity index (χ4n) is 6.23. The number of aryl methyl sites for hydroxylation is 1. The first-order valence-electron chi connectivity index (χ1n) is 10.1. The topological polar surface area (TPSA) is 60.7 Å². The van der Waals surface area contributed by atoms with Crippen LogP contribution < -0.4 is 0 Å². The maximum absolute atomic E-state index is 13.5. The van der Waals surface area contributed by atoms with E-state index in [1.54, 1.807) is 4.68 Å². The molecule has 0 saturated heterocycles. The van der Waals surface area contributed by atoms with E-state index in [9.17, 15) is 4.79 Å². The Balaban J connectivity index is 1.36. The molecule has 1 unspecified atom stereocenters. The van der Waals surface area contributed by atoms with Crippen molar-refractivity contribution in [3.8, 4) is 5.69 Å². The molecule has 6 rings (SSSR count). The Morgan fingerprint density at radius 2 is 1.85 bits per heavy atom. The minimum Gasteiger partial charge on any atom is -0.298 e. The van der Waals surface area contributed by atoms with Gasteiger partial charge in [0.1, 0.15) is 0 Å². The third-order valence-electron chi connectivity index (χ3n) is 6.90. The highest BCUT2D eigenvalue weighted by molar-refractivity contribution is 8.00. The number of rotatable bonds is 5. The molecule has 4 bridgehead atoms.